The summed E-state index contributed by atoms with van der Waals surface area (Å²) in [6.07, 6.45) is 1.08. The summed E-state index contributed by atoms with van der Waals surface area (Å²) < 4.78 is 29.9. The molecule has 1 amide bonds. The van der Waals surface area contributed by atoms with Crippen LogP contribution in [-0.2, 0) is 0 Å². The van der Waals surface area contributed by atoms with Gasteiger partial charge in [-0.2, -0.15) is 0 Å². The van der Waals surface area contributed by atoms with Gasteiger partial charge in [-0.3, -0.25) is 4.79 Å². The van der Waals surface area contributed by atoms with E-state index in [0.29, 0.717) is 6.07 Å². The van der Waals surface area contributed by atoms with Crippen molar-refractivity contribution < 1.29 is 18.2 Å². The van der Waals surface area contributed by atoms with E-state index in [1.54, 1.807) is 0 Å². The molecular weight excluding hydrogens is 220 g/mol. The van der Waals surface area contributed by atoms with Gasteiger partial charge >= 0.3 is 0 Å². The third-order valence-electron chi connectivity index (χ3n) is 1.77. The van der Waals surface area contributed by atoms with Crippen LogP contribution in [0.3, 0.4) is 0 Å². The quantitative estimate of drug-likeness (QED) is 0.842. The molecule has 1 heterocycles. The molecular formula is C9H5F2N3O2. The number of halogens is 2. The van der Waals surface area contributed by atoms with Crippen LogP contribution in [0, 0.1) is 11.6 Å². The van der Waals surface area contributed by atoms with Crippen molar-refractivity contribution in [2.45, 2.75) is 0 Å². The normalized spacial score (nSPS) is 10.1. The van der Waals surface area contributed by atoms with Crippen LogP contribution in [-0.4, -0.2) is 16.2 Å². The lowest BCUT2D eigenvalue weighted by molar-refractivity contribution is 0.101. The Kier molecular flexibility index (Phi) is 2.59. The van der Waals surface area contributed by atoms with E-state index in [-0.39, 0.29) is 11.4 Å². The number of aromatic nitrogens is 2. The molecule has 0 spiro atoms. The fourth-order valence-corrected chi connectivity index (χ4v) is 1.04. The molecule has 5 nitrogen and oxygen atoms in total. The molecule has 0 bridgehead atoms. The highest BCUT2D eigenvalue weighted by molar-refractivity contribution is 6.02. The van der Waals surface area contributed by atoms with E-state index in [9.17, 15) is 13.6 Å². The summed E-state index contributed by atoms with van der Waals surface area (Å²) in [6, 6.07) is 2.80. The van der Waals surface area contributed by atoms with Crippen LogP contribution in [0.15, 0.2) is 29.0 Å². The van der Waals surface area contributed by atoms with Crippen molar-refractivity contribution in [3.8, 4) is 0 Å². The standard InChI is InChI=1S/C9H5F2N3O2/c10-5-1-2-7(6(11)3-5)13-9(15)8-4-12-16-14-8/h1-4H,(H,13,15). The van der Waals surface area contributed by atoms with Gasteiger partial charge in [0, 0.05) is 6.07 Å². The van der Waals surface area contributed by atoms with Gasteiger partial charge in [0.15, 0.2) is 5.69 Å². The molecule has 0 unspecified atom stereocenters. The second-order valence-electron chi connectivity index (χ2n) is 2.87. The van der Waals surface area contributed by atoms with E-state index in [1.807, 2.05) is 0 Å². The average molecular weight is 225 g/mol. The molecule has 0 saturated heterocycles. The highest BCUT2D eigenvalue weighted by atomic mass is 19.1. The Hall–Kier alpha value is -2.31. The molecule has 2 rings (SSSR count). The Morgan fingerprint density at radius 1 is 1.38 bits per heavy atom. The summed E-state index contributed by atoms with van der Waals surface area (Å²) in [6.45, 7) is 0. The van der Waals surface area contributed by atoms with Gasteiger partial charge in [0.25, 0.3) is 5.91 Å². The third-order valence-corrected chi connectivity index (χ3v) is 1.77. The van der Waals surface area contributed by atoms with Crippen molar-refractivity contribution in [1.29, 1.82) is 0 Å². The number of carbonyl (C=O) groups excluding carboxylic acids is 1. The van der Waals surface area contributed by atoms with E-state index in [2.05, 4.69) is 20.3 Å². The Morgan fingerprint density at radius 3 is 2.81 bits per heavy atom. The lowest BCUT2D eigenvalue weighted by Crippen LogP contribution is -2.13. The molecule has 0 aliphatic carbocycles. The molecule has 1 aromatic carbocycles. The van der Waals surface area contributed by atoms with Crippen LogP contribution in [0.2, 0.25) is 0 Å². The average Bonchev–Trinajstić information content (AvgIpc) is 2.75. The predicted octanol–water partition coefficient (Wildman–Crippen LogP) is 1.60. The molecule has 0 fully saturated rings. The monoisotopic (exact) mass is 225 g/mol. The topological polar surface area (TPSA) is 68.0 Å². The second-order valence-corrected chi connectivity index (χ2v) is 2.87. The zero-order valence-corrected chi connectivity index (χ0v) is 7.78. The number of amides is 1. The number of nitrogens with zero attached hydrogens (tertiary/aromatic N) is 2. The molecule has 7 heteroatoms. The number of rotatable bonds is 2. The van der Waals surface area contributed by atoms with Gasteiger partial charge in [0.2, 0.25) is 0 Å². The fourth-order valence-electron chi connectivity index (χ4n) is 1.04. The molecule has 1 aromatic heterocycles. The molecule has 1 N–H and O–H groups in total. The van der Waals surface area contributed by atoms with Crippen LogP contribution in [0.1, 0.15) is 10.5 Å². The van der Waals surface area contributed by atoms with Gasteiger partial charge in [-0.15, -0.1) is 0 Å². The van der Waals surface area contributed by atoms with E-state index in [1.165, 1.54) is 0 Å². The van der Waals surface area contributed by atoms with Crippen molar-refractivity contribution in [3.63, 3.8) is 0 Å². The summed E-state index contributed by atoms with van der Waals surface area (Å²) in [4.78, 5) is 11.4. The largest absolute Gasteiger partial charge is 0.318 e. The smallest absolute Gasteiger partial charge is 0.279 e. The molecule has 0 aliphatic rings. The molecule has 0 radical (unpaired) electrons. The van der Waals surface area contributed by atoms with E-state index < -0.39 is 17.5 Å². The lowest BCUT2D eigenvalue weighted by atomic mass is 10.3. The summed E-state index contributed by atoms with van der Waals surface area (Å²) in [7, 11) is 0. The number of nitrogens with one attached hydrogen (secondary N) is 1. The molecule has 0 atom stereocenters. The first-order valence-corrected chi connectivity index (χ1v) is 4.21. The predicted molar refractivity (Wildman–Crippen MR) is 48.6 cm³/mol. The van der Waals surface area contributed by atoms with Crippen molar-refractivity contribution in [3.05, 3.63) is 41.7 Å². The van der Waals surface area contributed by atoms with Crippen molar-refractivity contribution in [1.82, 2.24) is 10.3 Å². The third kappa shape index (κ3) is 2.02. The number of anilines is 1. The van der Waals surface area contributed by atoms with E-state index in [0.717, 1.165) is 18.3 Å². The van der Waals surface area contributed by atoms with Crippen LogP contribution < -0.4 is 5.32 Å². The zero-order valence-electron chi connectivity index (χ0n) is 7.78. The minimum absolute atomic E-state index is 0.0938. The van der Waals surface area contributed by atoms with Crippen molar-refractivity contribution >= 4 is 11.6 Å². The first kappa shape index (κ1) is 10.2. The Morgan fingerprint density at radius 2 is 2.19 bits per heavy atom. The van der Waals surface area contributed by atoms with Gasteiger partial charge < -0.3 is 5.32 Å². The molecule has 0 aliphatic heterocycles. The zero-order chi connectivity index (χ0) is 11.5. The highest BCUT2D eigenvalue weighted by Crippen LogP contribution is 2.15. The summed E-state index contributed by atoms with van der Waals surface area (Å²) >= 11 is 0. The van der Waals surface area contributed by atoms with Crippen LogP contribution in [0.4, 0.5) is 14.5 Å². The SMILES string of the molecule is O=C(Nc1ccc(F)cc1F)c1cnon1. The molecule has 2 aromatic rings. The van der Waals surface area contributed by atoms with Crippen LogP contribution >= 0.6 is 0 Å². The van der Waals surface area contributed by atoms with Gasteiger partial charge in [0.05, 0.1) is 5.69 Å². The first-order valence-electron chi connectivity index (χ1n) is 4.21. The van der Waals surface area contributed by atoms with Crippen molar-refractivity contribution in [2.75, 3.05) is 5.32 Å². The number of hydrogen-bond donors (Lipinski definition) is 1. The first-order chi connectivity index (χ1) is 7.66. The minimum Gasteiger partial charge on any atom is -0.318 e. The van der Waals surface area contributed by atoms with E-state index >= 15 is 0 Å². The maximum absolute atomic E-state index is 13.1. The number of carbonyl (C=O) groups is 1. The molecule has 0 saturated carbocycles. The fraction of sp³-hybridized carbons (Fsp3) is 0. The van der Waals surface area contributed by atoms with Gasteiger partial charge in [-0.25, -0.2) is 13.4 Å². The maximum Gasteiger partial charge on any atom is 0.279 e. The Bertz CT molecular complexity index is 513. The van der Waals surface area contributed by atoms with Gasteiger partial charge in [-0.05, 0) is 17.3 Å². The Labute approximate surface area is 88.0 Å². The van der Waals surface area contributed by atoms with E-state index in [4.69, 9.17) is 0 Å². The minimum atomic E-state index is -0.871. The summed E-state index contributed by atoms with van der Waals surface area (Å²) in [5, 5.41) is 8.68. The number of hydrogen-bond acceptors (Lipinski definition) is 4. The van der Waals surface area contributed by atoms with Crippen LogP contribution in [0.5, 0.6) is 0 Å². The highest BCUT2D eigenvalue weighted by Gasteiger charge is 2.12. The Balaban J connectivity index is 2.18. The number of benzene rings is 1. The molecule has 16 heavy (non-hydrogen) atoms. The van der Waals surface area contributed by atoms with Crippen molar-refractivity contribution in [2.24, 2.45) is 0 Å². The maximum atomic E-state index is 13.1. The molecule has 82 valence electrons. The van der Waals surface area contributed by atoms with Crippen LogP contribution in [0.25, 0.3) is 0 Å². The second kappa shape index (κ2) is 4.05. The summed E-state index contributed by atoms with van der Waals surface area (Å²) in [5.74, 6) is -2.28. The van der Waals surface area contributed by atoms with Gasteiger partial charge in [-0.1, -0.05) is 5.16 Å². The van der Waals surface area contributed by atoms with Gasteiger partial charge in [0.1, 0.15) is 17.8 Å². The summed E-state index contributed by atoms with van der Waals surface area (Å²) in [5.41, 5.74) is -0.238. The lowest BCUT2D eigenvalue weighted by Gasteiger charge is -2.03.